The molecule has 0 amide bonds. The van der Waals surface area contributed by atoms with E-state index in [1.54, 1.807) is 23.5 Å². The Labute approximate surface area is 259 Å². The third-order valence-corrected chi connectivity index (χ3v) is 11.0. The molecule has 1 spiro atoms. The Morgan fingerprint density at radius 1 is 1.18 bits per heavy atom. The maximum absolute atomic E-state index is 14.9. The summed E-state index contributed by atoms with van der Waals surface area (Å²) in [4.78, 5) is 14.6. The number of fused-ring (bicyclic) bond motifs is 2. The number of benzene rings is 2. The Bertz CT molecular complexity index is 1750. The first-order valence-electron chi connectivity index (χ1n) is 15.1. The fraction of sp³-hybridized carbons (Fsp3) is 0.455. The zero-order valence-corrected chi connectivity index (χ0v) is 26.1. The standard InChI is InChI=1S/C33H37FN6O3S/c1-5-23-25(34)7-6-21-14-22(41)15-24(28(21)23)27-16-26-29(44(42)39(27)4)30(40-12-10-32(11-13-40)17-35-18-32)37-31(36-26)43-20-33(8-9-33)19-38(2)3/h1,6-7,14-16,35,41H,8-13,17-20H2,2-4H3. The number of aromatic hydroxyl groups is 1. The van der Waals surface area contributed by atoms with Crippen molar-refractivity contribution in [2.24, 2.45) is 10.8 Å². The Kier molecular flexibility index (Phi) is 7.07. The lowest BCUT2D eigenvalue weighted by atomic mass is 9.73. The minimum atomic E-state index is -1.70. The van der Waals surface area contributed by atoms with Gasteiger partial charge in [-0.25, -0.2) is 8.60 Å². The van der Waals surface area contributed by atoms with Crippen LogP contribution in [0.3, 0.4) is 0 Å². The van der Waals surface area contributed by atoms with Crippen LogP contribution in [0.25, 0.3) is 22.5 Å². The summed E-state index contributed by atoms with van der Waals surface area (Å²) in [7, 11) is 4.14. The summed E-state index contributed by atoms with van der Waals surface area (Å²) in [6.07, 6.45) is 11.8. The Morgan fingerprint density at radius 2 is 1.93 bits per heavy atom. The molecule has 4 heterocycles. The van der Waals surface area contributed by atoms with E-state index in [0.717, 1.165) is 58.4 Å². The number of aromatic nitrogens is 2. The number of hydrogen-bond donors (Lipinski definition) is 2. The highest BCUT2D eigenvalue weighted by Crippen LogP contribution is 2.47. The normalized spacial score (nSPS) is 21.5. The topological polar surface area (TPSA) is 94.1 Å². The summed E-state index contributed by atoms with van der Waals surface area (Å²) < 4.78 is 37.1. The van der Waals surface area contributed by atoms with Gasteiger partial charge in [0.05, 0.1) is 23.6 Å². The fourth-order valence-corrected chi connectivity index (χ4v) is 8.10. The van der Waals surface area contributed by atoms with Crippen LogP contribution >= 0.6 is 0 Å². The molecule has 11 heteroatoms. The highest BCUT2D eigenvalue weighted by molar-refractivity contribution is 7.83. The number of piperidine rings is 1. The van der Waals surface area contributed by atoms with E-state index in [2.05, 4.69) is 35.1 Å². The van der Waals surface area contributed by atoms with Crippen LogP contribution in [0.5, 0.6) is 11.8 Å². The van der Waals surface area contributed by atoms with Crippen molar-refractivity contribution in [3.8, 4) is 24.1 Å². The molecule has 3 aliphatic heterocycles. The molecule has 1 unspecified atom stereocenters. The van der Waals surface area contributed by atoms with Crippen LogP contribution in [0.4, 0.5) is 10.2 Å². The SMILES string of the molecule is C#Cc1c(F)ccc2cc(O)cc(C3=Cc4nc(OCC5(CN(C)C)CC5)nc(N5CCC6(CC5)CNC6)c4S(=O)N3C)c12. The zero-order chi connectivity index (χ0) is 30.8. The number of anilines is 1. The average molecular weight is 617 g/mol. The second-order valence-electron chi connectivity index (χ2n) is 13.1. The maximum atomic E-state index is 14.9. The number of halogens is 1. The second kappa shape index (κ2) is 10.7. The van der Waals surface area contributed by atoms with Gasteiger partial charge in [-0.3, -0.25) is 4.31 Å². The highest BCUT2D eigenvalue weighted by Gasteiger charge is 2.45. The molecule has 1 aromatic heterocycles. The molecule has 9 nitrogen and oxygen atoms in total. The van der Waals surface area contributed by atoms with Gasteiger partial charge >= 0.3 is 6.01 Å². The first-order valence-corrected chi connectivity index (χ1v) is 16.2. The summed E-state index contributed by atoms with van der Waals surface area (Å²) in [5.41, 5.74) is 1.94. The van der Waals surface area contributed by atoms with Gasteiger partial charge in [0.2, 0.25) is 0 Å². The van der Waals surface area contributed by atoms with Gasteiger partial charge in [-0.1, -0.05) is 12.0 Å². The largest absolute Gasteiger partial charge is 0.508 e. The Balaban J connectivity index is 1.34. The number of nitrogens with zero attached hydrogens (tertiary/aromatic N) is 5. The van der Waals surface area contributed by atoms with E-state index in [9.17, 15) is 13.7 Å². The van der Waals surface area contributed by atoms with Gasteiger partial charge in [0.25, 0.3) is 0 Å². The van der Waals surface area contributed by atoms with Crippen LogP contribution in [0.15, 0.2) is 29.2 Å². The van der Waals surface area contributed by atoms with Gasteiger partial charge in [-0.2, -0.15) is 9.97 Å². The summed E-state index contributed by atoms with van der Waals surface area (Å²) in [6, 6.07) is 6.20. The number of terminal acetylenes is 1. The zero-order valence-electron chi connectivity index (χ0n) is 25.3. The fourth-order valence-electron chi connectivity index (χ4n) is 6.88. The average Bonchev–Trinajstić information content (AvgIpc) is 3.75. The number of rotatable bonds is 7. The molecule has 0 radical (unpaired) electrons. The van der Waals surface area contributed by atoms with Crippen molar-refractivity contribution in [3.63, 3.8) is 0 Å². The Hall–Kier alpha value is -3.72. The van der Waals surface area contributed by atoms with Crippen molar-refractivity contribution >= 4 is 39.3 Å². The van der Waals surface area contributed by atoms with E-state index in [1.165, 1.54) is 12.1 Å². The van der Waals surface area contributed by atoms with Gasteiger partial charge in [0.1, 0.15) is 16.5 Å². The van der Waals surface area contributed by atoms with Crippen molar-refractivity contribution < 1.29 is 18.4 Å². The lowest BCUT2D eigenvalue weighted by Crippen LogP contribution is -2.58. The molecule has 2 N–H and O–H groups in total. The molecule has 2 saturated heterocycles. The number of ether oxygens (including phenoxy) is 1. The van der Waals surface area contributed by atoms with Crippen molar-refractivity contribution in [3.05, 3.63) is 46.9 Å². The molecule has 7 rings (SSSR count). The quantitative estimate of drug-likeness (QED) is 0.387. The number of phenolic OH excluding ortho intramolecular Hbond substituents is 1. The van der Waals surface area contributed by atoms with Crippen molar-refractivity contribution in [2.45, 2.75) is 30.6 Å². The number of phenols is 1. The van der Waals surface area contributed by atoms with E-state index < -0.39 is 16.8 Å². The number of hydrogen-bond acceptors (Lipinski definition) is 8. The van der Waals surface area contributed by atoms with Crippen LogP contribution < -0.4 is 15.0 Å². The van der Waals surface area contributed by atoms with Crippen LogP contribution in [0, 0.1) is 29.0 Å². The van der Waals surface area contributed by atoms with Crippen LogP contribution in [0.2, 0.25) is 0 Å². The first-order chi connectivity index (χ1) is 21.1. The maximum Gasteiger partial charge on any atom is 0.319 e. The second-order valence-corrected chi connectivity index (χ2v) is 14.5. The van der Waals surface area contributed by atoms with E-state index in [0.29, 0.717) is 50.5 Å². The minimum Gasteiger partial charge on any atom is -0.508 e. The van der Waals surface area contributed by atoms with E-state index in [1.807, 2.05) is 6.08 Å². The molecule has 1 atom stereocenters. The van der Waals surface area contributed by atoms with Gasteiger partial charge in [-0.05, 0) is 74.9 Å². The number of nitrogens with one attached hydrogen (secondary N) is 1. The summed E-state index contributed by atoms with van der Waals surface area (Å²) in [5.74, 6) is 2.55. The molecule has 3 fully saturated rings. The van der Waals surface area contributed by atoms with Crippen molar-refractivity contribution in [1.82, 2.24) is 24.5 Å². The van der Waals surface area contributed by atoms with E-state index in [-0.39, 0.29) is 22.7 Å². The summed E-state index contributed by atoms with van der Waals surface area (Å²) in [5, 5.41) is 15.1. The highest BCUT2D eigenvalue weighted by atomic mass is 32.2. The lowest BCUT2D eigenvalue weighted by Gasteiger charge is -2.48. The van der Waals surface area contributed by atoms with Crippen molar-refractivity contribution in [2.75, 3.05) is 65.4 Å². The van der Waals surface area contributed by atoms with Gasteiger partial charge in [0, 0.05) is 56.1 Å². The Morgan fingerprint density at radius 3 is 2.57 bits per heavy atom. The molecular weight excluding hydrogens is 579 g/mol. The predicted molar refractivity (Wildman–Crippen MR) is 170 cm³/mol. The molecule has 2 aromatic carbocycles. The molecule has 230 valence electrons. The van der Waals surface area contributed by atoms with Gasteiger partial charge in [0.15, 0.2) is 16.8 Å². The monoisotopic (exact) mass is 616 g/mol. The molecule has 3 aromatic rings. The summed E-state index contributed by atoms with van der Waals surface area (Å²) >= 11 is 0. The van der Waals surface area contributed by atoms with Crippen LogP contribution in [-0.2, 0) is 11.0 Å². The van der Waals surface area contributed by atoms with Crippen molar-refractivity contribution in [1.29, 1.82) is 0 Å². The smallest absolute Gasteiger partial charge is 0.319 e. The lowest BCUT2D eigenvalue weighted by molar-refractivity contribution is 0.125. The summed E-state index contributed by atoms with van der Waals surface area (Å²) in [6.45, 7) is 5.08. The molecule has 44 heavy (non-hydrogen) atoms. The third kappa shape index (κ3) is 4.99. The van der Waals surface area contributed by atoms with E-state index >= 15 is 0 Å². The molecular formula is C33H37FN6O3S. The first kappa shape index (κ1) is 29.0. The van der Waals surface area contributed by atoms with Gasteiger partial charge < -0.3 is 25.0 Å². The minimum absolute atomic E-state index is 0.0105. The third-order valence-electron chi connectivity index (χ3n) is 9.60. The van der Waals surface area contributed by atoms with E-state index in [4.69, 9.17) is 21.1 Å². The molecule has 4 aliphatic rings. The van der Waals surface area contributed by atoms with Gasteiger partial charge in [-0.15, -0.1) is 6.42 Å². The van der Waals surface area contributed by atoms with Crippen LogP contribution in [0.1, 0.15) is 42.5 Å². The molecule has 0 bridgehead atoms. The predicted octanol–water partition coefficient (Wildman–Crippen LogP) is 3.83. The van der Waals surface area contributed by atoms with Crippen LogP contribution in [-0.4, -0.2) is 89.0 Å². The molecule has 1 saturated carbocycles. The molecule has 1 aliphatic carbocycles.